The molecule has 0 radical (unpaired) electrons. The van der Waals surface area contributed by atoms with Gasteiger partial charge in [-0.3, -0.25) is 4.79 Å². The van der Waals surface area contributed by atoms with Gasteiger partial charge in [0.2, 0.25) is 0 Å². The highest BCUT2D eigenvalue weighted by Gasteiger charge is 2.37. The van der Waals surface area contributed by atoms with Gasteiger partial charge < -0.3 is 10.1 Å². The Morgan fingerprint density at radius 1 is 0.878 bits per heavy atom. The minimum atomic E-state index is -2.88. The van der Waals surface area contributed by atoms with Gasteiger partial charge in [-0.15, -0.1) is 0 Å². The molecule has 1 atom stereocenters. The number of nitrogens with zero attached hydrogens (tertiary/aromatic N) is 1. The zero-order valence-electron chi connectivity index (χ0n) is 24.2. The Hall–Kier alpha value is -3.61. The van der Waals surface area contributed by atoms with Crippen molar-refractivity contribution in [3.63, 3.8) is 0 Å². The van der Waals surface area contributed by atoms with Crippen molar-refractivity contribution >= 4 is 40.0 Å². The van der Waals surface area contributed by atoms with Crippen LogP contribution < -0.4 is 21.2 Å². The van der Waals surface area contributed by atoms with Crippen molar-refractivity contribution in [1.82, 2.24) is 5.32 Å². The highest BCUT2D eigenvalue weighted by molar-refractivity contribution is 7.97. The standard InChI is InChI=1S/C35H41N2O3P/c1-3-5-23-31(37-34(39)40-27-35(4-2)24-15-16-25-35)33(38)32(26-36)41(28-17-9-6-10-18-28,29-19-11-7-12-20-29)30-21-13-8-14-22-30/h6-14,17-22,31H,3-5,15-16,23-25,27H2,1-2H3,(H,37,39)/t31-/m0/s1. The number of carbonyl (C=O) groups is 2. The van der Waals surface area contributed by atoms with E-state index in [0.717, 1.165) is 60.9 Å². The van der Waals surface area contributed by atoms with E-state index in [1.165, 1.54) is 0 Å². The van der Waals surface area contributed by atoms with E-state index in [1.54, 1.807) is 0 Å². The molecule has 41 heavy (non-hydrogen) atoms. The maximum absolute atomic E-state index is 14.6. The molecule has 1 fully saturated rings. The first-order valence-corrected chi connectivity index (χ1v) is 16.6. The van der Waals surface area contributed by atoms with Crippen molar-refractivity contribution in [2.45, 2.75) is 71.3 Å². The second kappa shape index (κ2) is 14.3. The van der Waals surface area contributed by atoms with E-state index in [4.69, 9.17) is 4.74 Å². The average molecular weight is 569 g/mol. The number of hydrogen-bond acceptors (Lipinski definition) is 4. The molecule has 0 heterocycles. The average Bonchev–Trinajstić information content (AvgIpc) is 3.51. The third-order valence-corrected chi connectivity index (χ3v) is 12.7. The number of unbranched alkanes of at least 4 members (excludes halogenated alkanes) is 1. The van der Waals surface area contributed by atoms with E-state index < -0.39 is 19.0 Å². The van der Waals surface area contributed by atoms with Crippen molar-refractivity contribution in [3.8, 4) is 6.07 Å². The predicted octanol–water partition coefficient (Wildman–Crippen LogP) is 6.50. The minimum absolute atomic E-state index is 0.0266. The summed E-state index contributed by atoms with van der Waals surface area (Å²) in [6.45, 7) is 1.67. The van der Waals surface area contributed by atoms with Crippen LogP contribution in [0.2, 0.25) is 0 Å². The Kier molecular flexibility index (Phi) is 10.6. The molecule has 4 rings (SSSR count). The van der Waals surface area contributed by atoms with Crippen LogP contribution in [0.4, 0.5) is 4.79 Å². The van der Waals surface area contributed by atoms with Gasteiger partial charge in [-0.2, -0.15) is 5.26 Å². The molecule has 5 nitrogen and oxygen atoms in total. The lowest BCUT2D eigenvalue weighted by atomic mass is 9.84. The Morgan fingerprint density at radius 2 is 1.37 bits per heavy atom. The van der Waals surface area contributed by atoms with Gasteiger partial charge in [-0.1, -0.05) is 131 Å². The highest BCUT2D eigenvalue weighted by atomic mass is 31.2. The van der Waals surface area contributed by atoms with Crippen LogP contribution in [0, 0.1) is 16.7 Å². The van der Waals surface area contributed by atoms with Gasteiger partial charge in [0.15, 0.2) is 5.78 Å². The fourth-order valence-corrected chi connectivity index (χ4v) is 10.2. The van der Waals surface area contributed by atoms with Crippen LogP contribution in [0.15, 0.2) is 91.0 Å². The summed E-state index contributed by atoms with van der Waals surface area (Å²) >= 11 is 0. The van der Waals surface area contributed by atoms with Crippen molar-refractivity contribution < 1.29 is 14.3 Å². The fraction of sp³-hybridized carbons (Fsp3) is 0.371. The molecule has 1 aliphatic rings. The zero-order valence-corrected chi connectivity index (χ0v) is 25.1. The van der Waals surface area contributed by atoms with E-state index >= 15 is 0 Å². The number of amides is 1. The molecule has 1 aliphatic carbocycles. The van der Waals surface area contributed by atoms with Crippen molar-refractivity contribution in [2.75, 3.05) is 6.61 Å². The van der Waals surface area contributed by atoms with Crippen LogP contribution in [0.25, 0.3) is 0 Å². The summed E-state index contributed by atoms with van der Waals surface area (Å²) in [6.07, 6.45) is 6.83. The summed E-state index contributed by atoms with van der Waals surface area (Å²) in [5, 5.41) is 16.7. The number of ether oxygens (including phenoxy) is 1. The van der Waals surface area contributed by atoms with Crippen molar-refractivity contribution in [3.05, 3.63) is 91.0 Å². The fourth-order valence-electron chi connectivity index (χ4n) is 6.05. The van der Waals surface area contributed by atoms with E-state index in [-0.39, 0.29) is 16.5 Å². The summed E-state index contributed by atoms with van der Waals surface area (Å²) in [5.74, 6) is -0.339. The quantitative estimate of drug-likeness (QED) is 0.253. The van der Waals surface area contributed by atoms with Crippen LogP contribution in [0.1, 0.15) is 65.2 Å². The molecular weight excluding hydrogens is 527 g/mol. The smallest absolute Gasteiger partial charge is 0.407 e. The Balaban J connectivity index is 1.83. The summed E-state index contributed by atoms with van der Waals surface area (Å²) in [7, 11) is 0. The van der Waals surface area contributed by atoms with Gasteiger partial charge in [-0.05, 0) is 48.5 Å². The second-order valence-corrected chi connectivity index (χ2v) is 14.3. The third kappa shape index (κ3) is 6.66. The molecule has 0 bridgehead atoms. The molecule has 0 unspecified atom stereocenters. The minimum Gasteiger partial charge on any atom is -0.449 e. The van der Waals surface area contributed by atoms with Crippen LogP contribution in [-0.2, 0) is 9.53 Å². The van der Waals surface area contributed by atoms with Crippen molar-refractivity contribution in [2.24, 2.45) is 5.41 Å². The summed E-state index contributed by atoms with van der Waals surface area (Å²) < 4.78 is 5.75. The molecule has 1 N–H and O–H groups in total. The maximum atomic E-state index is 14.6. The normalized spacial score (nSPS) is 15.0. The van der Waals surface area contributed by atoms with E-state index in [2.05, 4.69) is 25.2 Å². The molecule has 0 saturated heterocycles. The number of hydrogen-bond donors (Lipinski definition) is 1. The first-order chi connectivity index (χ1) is 20.0. The molecule has 1 amide bonds. The zero-order chi connectivity index (χ0) is 29.1. The van der Waals surface area contributed by atoms with Gasteiger partial charge in [0, 0.05) is 5.41 Å². The van der Waals surface area contributed by atoms with Crippen LogP contribution in [0.3, 0.4) is 0 Å². The lowest BCUT2D eigenvalue weighted by Gasteiger charge is -2.31. The van der Waals surface area contributed by atoms with Crippen LogP contribution in [0.5, 0.6) is 0 Å². The van der Waals surface area contributed by atoms with Gasteiger partial charge >= 0.3 is 6.09 Å². The Labute approximate surface area is 244 Å². The SMILES string of the molecule is CCCC[C@H](NC(=O)OCC1(CC)CCCC1)C(=O)C(C#N)=P(c1ccccc1)(c1ccccc1)c1ccccc1. The monoisotopic (exact) mass is 568 g/mol. The number of nitriles is 1. The Bertz CT molecular complexity index is 1290. The number of alkyl carbamates (subject to hydrolysis) is 1. The van der Waals surface area contributed by atoms with Crippen LogP contribution >= 0.6 is 6.89 Å². The van der Waals surface area contributed by atoms with Crippen LogP contribution in [-0.4, -0.2) is 29.8 Å². The molecule has 6 heteroatoms. The van der Waals surface area contributed by atoms with E-state index in [0.29, 0.717) is 13.0 Å². The first-order valence-electron chi connectivity index (χ1n) is 14.8. The van der Waals surface area contributed by atoms with E-state index in [9.17, 15) is 14.9 Å². The molecule has 3 aromatic carbocycles. The number of ketones is 1. The van der Waals surface area contributed by atoms with Crippen molar-refractivity contribution in [1.29, 1.82) is 5.26 Å². The summed E-state index contributed by atoms with van der Waals surface area (Å²) in [6, 6.07) is 31.1. The van der Waals surface area contributed by atoms with Gasteiger partial charge in [-0.25, -0.2) is 4.79 Å². The topological polar surface area (TPSA) is 79.2 Å². The Morgan fingerprint density at radius 3 is 1.78 bits per heavy atom. The molecular formula is C35H41N2O3P. The van der Waals surface area contributed by atoms with Gasteiger partial charge in [0.25, 0.3) is 0 Å². The number of carbonyl (C=O) groups excluding carboxylic acids is 2. The largest absolute Gasteiger partial charge is 0.449 e. The lowest BCUT2D eigenvalue weighted by molar-refractivity contribution is -0.114. The maximum Gasteiger partial charge on any atom is 0.407 e. The third-order valence-electron chi connectivity index (χ3n) is 8.48. The van der Waals surface area contributed by atoms with Gasteiger partial charge in [0.05, 0.1) is 12.6 Å². The molecule has 1 saturated carbocycles. The first kappa shape index (κ1) is 30.4. The molecule has 0 aromatic heterocycles. The number of Topliss-reactive ketones (excluding diaryl/α,β-unsaturated/α-hetero) is 1. The highest BCUT2D eigenvalue weighted by Crippen LogP contribution is 2.46. The predicted molar refractivity (Wildman–Crippen MR) is 170 cm³/mol. The lowest BCUT2D eigenvalue weighted by Crippen LogP contribution is -2.46. The van der Waals surface area contributed by atoms with Gasteiger partial charge in [0.1, 0.15) is 11.4 Å². The number of rotatable bonds is 12. The molecule has 214 valence electrons. The molecule has 3 aromatic rings. The molecule has 0 aliphatic heterocycles. The number of benzene rings is 3. The number of nitrogens with one attached hydrogen (secondary N) is 1. The molecule has 0 spiro atoms. The second-order valence-electron chi connectivity index (χ2n) is 11.0. The van der Waals surface area contributed by atoms with E-state index in [1.807, 2.05) is 91.0 Å². The summed E-state index contributed by atoms with van der Waals surface area (Å²) in [4.78, 5) is 27.7. The summed E-state index contributed by atoms with van der Waals surface area (Å²) in [5.41, 5.74) is 0.0266.